The van der Waals surface area contributed by atoms with Gasteiger partial charge >= 0.3 is 0 Å². The maximum absolute atomic E-state index is 5.53. The molecule has 1 fully saturated rings. The molecule has 0 bridgehead atoms. The van der Waals surface area contributed by atoms with Gasteiger partial charge in [0, 0.05) is 19.0 Å². The molecule has 74 valence electrons. The van der Waals surface area contributed by atoms with E-state index in [2.05, 4.69) is 23.5 Å². The van der Waals surface area contributed by atoms with Gasteiger partial charge in [0.2, 0.25) is 0 Å². The second kappa shape index (κ2) is 3.28. The van der Waals surface area contributed by atoms with Gasteiger partial charge in [-0.05, 0) is 30.0 Å². The predicted octanol–water partition coefficient (Wildman–Crippen LogP) is 1.87. The second-order valence-electron chi connectivity index (χ2n) is 4.20. The fraction of sp³-hybridized carbons (Fsp3) is 0.500. The van der Waals surface area contributed by atoms with Gasteiger partial charge < -0.3 is 10.1 Å². The van der Waals surface area contributed by atoms with Gasteiger partial charge in [-0.25, -0.2) is 0 Å². The van der Waals surface area contributed by atoms with E-state index in [1.54, 1.807) is 0 Å². The zero-order chi connectivity index (χ0) is 9.38. The van der Waals surface area contributed by atoms with Crippen LogP contribution < -0.4 is 10.1 Å². The molecule has 0 spiro atoms. The number of rotatable bonds is 3. The Morgan fingerprint density at radius 3 is 3.14 bits per heavy atom. The van der Waals surface area contributed by atoms with Crippen LogP contribution in [0.25, 0.3) is 0 Å². The Labute approximate surface area is 84.3 Å². The van der Waals surface area contributed by atoms with Gasteiger partial charge in [-0.3, -0.25) is 0 Å². The first-order valence-electron chi connectivity index (χ1n) is 5.40. The Balaban J connectivity index is 1.71. The fourth-order valence-corrected chi connectivity index (χ4v) is 1.87. The maximum Gasteiger partial charge on any atom is 0.122 e. The lowest BCUT2D eigenvalue weighted by Gasteiger charge is -2.05. The van der Waals surface area contributed by atoms with Crippen molar-refractivity contribution in [2.45, 2.75) is 31.8 Å². The first-order chi connectivity index (χ1) is 6.92. The highest BCUT2D eigenvalue weighted by atomic mass is 16.5. The first-order valence-corrected chi connectivity index (χ1v) is 5.40. The summed E-state index contributed by atoms with van der Waals surface area (Å²) in [5, 5.41) is 3.51. The van der Waals surface area contributed by atoms with Crippen LogP contribution in [0.15, 0.2) is 18.2 Å². The third-order valence-corrected chi connectivity index (χ3v) is 2.93. The molecule has 1 aliphatic carbocycles. The Hall–Kier alpha value is -1.02. The quantitative estimate of drug-likeness (QED) is 0.783. The van der Waals surface area contributed by atoms with Gasteiger partial charge in [0.25, 0.3) is 0 Å². The molecule has 14 heavy (non-hydrogen) atoms. The molecule has 0 atom stereocenters. The average molecular weight is 189 g/mol. The second-order valence-corrected chi connectivity index (χ2v) is 4.20. The lowest BCUT2D eigenvalue weighted by molar-refractivity contribution is 0.356. The van der Waals surface area contributed by atoms with Crippen molar-refractivity contribution in [2.75, 3.05) is 6.61 Å². The molecule has 1 N–H and O–H groups in total. The standard InChI is InChI=1S/C12H15NO/c1-2-10-5-6-14-12(10)7-9(1)8-13-11-3-4-11/h1-2,7,11,13H,3-6,8H2. The van der Waals surface area contributed by atoms with Gasteiger partial charge in [-0.15, -0.1) is 0 Å². The Morgan fingerprint density at radius 1 is 1.36 bits per heavy atom. The summed E-state index contributed by atoms with van der Waals surface area (Å²) in [5.41, 5.74) is 2.71. The van der Waals surface area contributed by atoms with Crippen LogP contribution in [-0.4, -0.2) is 12.6 Å². The SMILES string of the molecule is c1cc2c(cc1CNC1CC1)OCC2. The van der Waals surface area contributed by atoms with Crippen molar-refractivity contribution in [1.82, 2.24) is 5.32 Å². The average Bonchev–Trinajstić information content (AvgIpc) is 2.92. The summed E-state index contributed by atoms with van der Waals surface area (Å²) in [4.78, 5) is 0. The van der Waals surface area contributed by atoms with Crippen molar-refractivity contribution in [3.05, 3.63) is 29.3 Å². The number of hydrogen-bond acceptors (Lipinski definition) is 2. The molecule has 3 rings (SSSR count). The first kappa shape index (κ1) is 8.30. The van der Waals surface area contributed by atoms with Crippen molar-refractivity contribution < 1.29 is 4.74 Å². The molecule has 2 aliphatic rings. The van der Waals surface area contributed by atoms with E-state index in [0.717, 1.165) is 31.4 Å². The zero-order valence-electron chi connectivity index (χ0n) is 8.25. The lowest BCUT2D eigenvalue weighted by atomic mass is 10.1. The summed E-state index contributed by atoms with van der Waals surface area (Å²) in [5.74, 6) is 1.10. The molecule has 1 aromatic rings. The highest BCUT2D eigenvalue weighted by molar-refractivity contribution is 5.40. The van der Waals surface area contributed by atoms with Crippen LogP contribution in [0.4, 0.5) is 0 Å². The Kier molecular flexibility index (Phi) is 1.95. The summed E-state index contributed by atoms with van der Waals surface area (Å²) in [6.07, 6.45) is 3.77. The third kappa shape index (κ3) is 1.62. The molecule has 1 aromatic carbocycles. The van der Waals surface area contributed by atoms with E-state index in [-0.39, 0.29) is 0 Å². The predicted molar refractivity (Wildman–Crippen MR) is 55.5 cm³/mol. The summed E-state index contributed by atoms with van der Waals surface area (Å²) >= 11 is 0. The number of benzene rings is 1. The van der Waals surface area contributed by atoms with Crippen molar-refractivity contribution in [2.24, 2.45) is 0 Å². The molecule has 1 heterocycles. The van der Waals surface area contributed by atoms with Crippen molar-refractivity contribution in [3.63, 3.8) is 0 Å². The number of nitrogens with one attached hydrogen (secondary N) is 1. The van der Waals surface area contributed by atoms with E-state index in [1.165, 1.54) is 24.0 Å². The number of fused-ring (bicyclic) bond motifs is 1. The summed E-state index contributed by atoms with van der Waals surface area (Å²) in [6, 6.07) is 7.37. The van der Waals surface area contributed by atoms with Gasteiger partial charge in [0.1, 0.15) is 5.75 Å². The van der Waals surface area contributed by atoms with Crippen LogP contribution in [0, 0.1) is 0 Å². The molecular weight excluding hydrogens is 174 g/mol. The van der Waals surface area contributed by atoms with Crippen LogP contribution >= 0.6 is 0 Å². The fourth-order valence-electron chi connectivity index (χ4n) is 1.87. The molecule has 0 aromatic heterocycles. The molecule has 2 heteroatoms. The van der Waals surface area contributed by atoms with Crippen molar-refractivity contribution >= 4 is 0 Å². The van der Waals surface area contributed by atoms with Crippen LogP contribution in [0.2, 0.25) is 0 Å². The molecule has 1 saturated carbocycles. The van der Waals surface area contributed by atoms with Crippen LogP contribution in [0.3, 0.4) is 0 Å². The van der Waals surface area contributed by atoms with Crippen LogP contribution in [0.5, 0.6) is 5.75 Å². The monoisotopic (exact) mass is 189 g/mol. The largest absolute Gasteiger partial charge is 0.493 e. The molecule has 0 amide bonds. The Morgan fingerprint density at radius 2 is 2.29 bits per heavy atom. The molecule has 0 unspecified atom stereocenters. The molecule has 2 nitrogen and oxygen atoms in total. The minimum Gasteiger partial charge on any atom is -0.493 e. The van der Waals surface area contributed by atoms with E-state index >= 15 is 0 Å². The van der Waals surface area contributed by atoms with Crippen LogP contribution in [-0.2, 0) is 13.0 Å². The highest BCUT2D eigenvalue weighted by Gasteiger charge is 2.20. The molecule has 0 saturated heterocycles. The van der Waals surface area contributed by atoms with Gasteiger partial charge in [0.05, 0.1) is 6.61 Å². The van der Waals surface area contributed by atoms with Gasteiger partial charge in [-0.2, -0.15) is 0 Å². The topological polar surface area (TPSA) is 21.3 Å². The van der Waals surface area contributed by atoms with E-state index < -0.39 is 0 Å². The van der Waals surface area contributed by atoms with Gasteiger partial charge in [-0.1, -0.05) is 12.1 Å². The number of hydrogen-bond donors (Lipinski definition) is 1. The normalized spacial score (nSPS) is 19.1. The molecule has 0 radical (unpaired) electrons. The third-order valence-electron chi connectivity index (χ3n) is 2.93. The summed E-state index contributed by atoms with van der Waals surface area (Å²) < 4.78 is 5.53. The molecular formula is C12H15NO. The summed E-state index contributed by atoms with van der Waals surface area (Å²) in [6.45, 7) is 1.84. The lowest BCUT2D eigenvalue weighted by Crippen LogP contribution is -2.15. The highest BCUT2D eigenvalue weighted by Crippen LogP contribution is 2.26. The van der Waals surface area contributed by atoms with Crippen molar-refractivity contribution in [3.8, 4) is 5.75 Å². The number of ether oxygens (including phenoxy) is 1. The maximum atomic E-state index is 5.53. The van der Waals surface area contributed by atoms with Crippen molar-refractivity contribution in [1.29, 1.82) is 0 Å². The minimum absolute atomic E-state index is 0.782. The Bertz CT molecular complexity index is 344. The smallest absolute Gasteiger partial charge is 0.122 e. The van der Waals surface area contributed by atoms with E-state index in [0.29, 0.717) is 0 Å². The zero-order valence-corrected chi connectivity index (χ0v) is 8.25. The molecule has 1 aliphatic heterocycles. The van der Waals surface area contributed by atoms with E-state index in [1.807, 2.05) is 0 Å². The van der Waals surface area contributed by atoms with Gasteiger partial charge in [0.15, 0.2) is 0 Å². The summed E-state index contributed by atoms with van der Waals surface area (Å²) in [7, 11) is 0. The minimum atomic E-state index is 0.782. The van der Waals surface area contributed by atoms with E-state index in [9.17, 15) is 0 Å². The van der Waals surface area contributed by atoms with Crippen LogP contribution in [0.1, 0.15) is 24.0 Å². The van der Waals surface area contributed by atoms with E-state index in [4.69, 9.17) is 4.74 Å².